The van der Waals surface area contributed by atoms with Crippen molar-refractivity contribution in [3.63, 3.8) is 0 Å². The van der Waals surface area contributed by atoms with Crippen LogP contribution in [0.15, 0.2) is 30.3 Å². The van der Waals surface area contributed by atoms with Gasteiger partial charge < -0.3 is 10.4 Å². The second kappa shape index (κ2) is 8.35. The number of aryl methyl sites for hydroxylation is 1. The van der Waals surface area contributed by atoms with E-state index >= 15 is 0 Å². The minimum atomic E-state index is -0.591. The highest BCUT2D eigenvalue weighted by Gasteiger charge is 2.18. The van der Waals surface area contributed by atoms with Crippen molar-refractivity contribution in [2.75, 3.05) is 6.54 Å². The van der Waals surface area contributed by atoms with E-state index in [1.807, 2.05) is 44.2 Å². The molecule has 0 aliphatic rings. The van der Waals surface area contributed by atoms with Crippen molar-refractivity contribution in [3.05, 3.63) is 41.7 Å². The Hall–Kier alpha value is -2.54. The van der Waals surface area contributed by atoms with Gasteiger partial charge in [-0.15, -0.1) is 5.10 Å². The maximum absolute atomic E-state index is 12.6. The number of hydrogen-bond donors (Lipinski definition) is 2. The molecule has 0 saturated carbocycles. The zero-order valence-corrected chi connectivity index (χ0v) is 14.2. The number of hydrogen-bond acceptors (Lipinski definition) is 5. The van der Waals surface area contributed by atoms with E-state index in [-0.39, 0.29) is 18.4 Å². The predicted molar refractivity (Wildman–Crippen MR) is 91.6 cm³/mol. The molecule has 0 aliphatic heterocycles. The van der Waals surface area contributed by atoms with Crippen molar-refractivity contribution in [2.45, 2.75) is 33.3 Å². The highest BCUT2D eigenvalue weighted by atomic mass is 16.3. The normalized spacial score (nSPS) is 14.2. The van der Waals surface area contributed by atoms with Crippen LogP contribution in [-0.4, -0.2) is 43.9 Å². The first kappa shape index (κ1) is 17.8. The molecule has 0 saturated heterocycles. The molecule has 0 bridgehead atoms. The maximum atomic E-state index is 12.6. The molecule has 1 amide bonds. The molecule has 7 heteroatoms. The van der Waals surface area contributed by atoms with Gasteiger partial charge >= 0.3 is 0 Å². The molecular formula is C17H23N5O2. The molecule has 128 valence electrons. The Kier molecular flexibility index (Phi) is 6.20. The van der Waals surface area contributed by atoms with Crippen molar-refractivity contribution in [1.29, 1.82) is 0 Å². The molecule has 2 atom stereocenters. The van der Waals surface area contributed by atoms with Crippen LogP contribution in [-0.2, 0) is 4.79 Å². The van der Waals surface area contributed by atoms with Gasteiger partial charge in [-0.1, -0.05) is 50.6 Å². The number of benzene rings is 1. The molecule has 1 aromatic heterocycles. The number of tetrazole rings is 1. The number of carbonyl (C=O) groups is 1. The second-order valence-corrected chi connectivity index (χ2v) is 5.74. The van der Waals surface area contributed by atoms with Crippen LogP contribution < -0.4 is 5.32 Å². The molecule has 1 heterocycles. The summed E-state index contributed by atoms with van der Waals surface area (Å²) in [6.07, 6.45) is 1.97. The quantitative estimate of drug-likeness (QED) is 0.751. The van der Waals surface area contributed by atoms with Crippen LogP contribution >= 0.6 is 0 Å². The van der Waals surface area contributed by atoms with Gasteiger partial charge in [-0.2, -0.15) is 4.68 Å². The Bertz CT molecular complexity index is 696. The van der Waals surface area contributed by atoms with E-state index in [0.29, 0.717) is 11.5 Å². The topological polar surface area (TPSA) is 92.9 Å². The van der Waals surface area contributed by atoms with Gasteiger partial charge in [0.1, 0.15) is 5.70 Å². The summed E-state index contributed by atoms with van der Waals surface area (Å²) in [6.45, 7) is 5.85. The Balaban J connectivity index is 2.22. The van der Waals surface area contributed by atoms with Crippen LogP contribution in [0.3, 0.4) is 0 Å². The van der Waals surface area contributed by atoms with Gasteiger partial charge in [0.25, 0.3) is 5.91 Å². The Morgan fingerprint density at radius 2 is 2.08 bits per heavy atom. The highest BCUT2D eigenvalue weighted by molar-refractivity contribution is 6.18. The summed E-state index contributed by atoms with van der Waals surface area (Å²) in [5.41, 5.74) is 1.17. The maximum Gasteiger partial charge on any atom is 0.270 e. The fourth-order valence-electron chi connectivity index (χ4n) is 2.15. The van der Waals surface area contributed by atoms with Crippen LogP contribution in [0, 0.1) is 12.8 Å². The fourth-order valence-corrected chi connectivity index (χ4v) is 2.15. The molecule has 2 aromatic rings. The number of aromatic nitrogens is 4. The summed E-state index contributed by atoms with van der Waals surface area (Å²) in [5.74, 6) is 0.285. The molecular weight excluding hydrogens is 306 g/mol. The molecule has 24 heavy (non-hydrogen) atoms. The largest absolute Gasteiger partial charge is 0.391 e. The lowest BCUT2D eigenvalue weighted by Crippen LogP contribution is -2.36. The lowest BCUT2D eigenvalue weighted by atomic mass is 10.0. The van der Waals surface area contributed by atoms with E-state index in [9.17, 15) is 9.90 Å². The van der Waals surface area contributed by atoms with Crippen molar-refractivity contribution in [2.24, 2.45) is 5.92 Å². The molecule has 0 spiro atoms. The van der Waals surface area contributed by atoms with Crippen LogP contribution in [0.2, 0.25) is 0 Å². The molecule has 1 aromatic carbocycles. The van der Waals surface area contributed by atoms with E-state index < -0.39 is 6.10 Å². The Labute approximate surface area is 141 Å². The van der Waals surface area contributed by atoms with Crippen molar-refractivity contribution < 1.29 is 9.90 Å². The third-order valence-corrected chi connectivity index (χ3v) is 3.96. The van der Waals surface area contributed by atoms with Gasteiger partial charge in [-0.3, -0.25) is 4.79 Å². The minimum absolute atomic E-state index is 0.113. The summed E-state index contributed by atoms with van der Waals surface area (Å²) < 4.78 is 1.39. The first-order valence-electron chi connectivity index (χ1n) is 8.01. The second-order valence-electron chi connectivity index (χ2n) is 5.74. The first-order valence-corrected chi connectivity index (χ1v) is 8.01. The highest BCUT2D eigenvalue weighted by Crippen LogP contribution is 2.13. The number of aliphatic hydroxyl groups is 1. The standard InChI is InChI=1S/C17H23N5O2/c1-4-12(2)16(23)11-18-17(24)15(22-13(3)19-20-21-22)10-14-8-6-5-7-9-14/h5-10,12,16,23H,4,11H2,1-3H3,(H,18,24)/b15-10-. The van der Waals surface area contributed by atoms with Crippen LogP contribution in [0.5, 0.6) is 0 Å². The lowest BCUT2D eigenvalue weighted by molar-refractivity contribution is -0.116. The van der Waals surface area contributed by atoms with E-state index in [2.05, 4.69) is 20.8 Å². The van der Waals surface area contributed by atoms with E-state index in [0.717, 1.165) is 12.0 Å². The van der Waals surface area contributed by atoms with E-state index in [4.69, 9.17) is 0 Å². The van der Waals surface area contributed by atoms with Crippen molar-refractivity contribution in [1.82, 2.24) is 25.5 Å². The van der Waals surface area contributed by atoms with Gasteiger partial charge in [0, 0.05) is 6.54 Å². The van der Waals surface area contributed by atoms with E-state index in [1.54, 1.807) is 13.0 Å². The van der Waals surface area contributed by atoms with E-state index in [1.165, 1.54) is 4.68 Å². The van der Waals surface area contributed by atoms with Crippen LogP contribution in [0.1, 0.15) is 31.7 Å². The monoisotopic (exact) mass is 329 g/mol. The summed E-state index contributed by atoms with van der Waals surface area (Å²) in [7, 11) is 0. The zero-order chi connectivity index (χ0) is 17.5. The minimum Gasteiger partial charge on any atom is -0.391 e. The number of amides is 1. The summed E-state index contributed by atoms with van der Waals surface area (Å²) in [6, 6.07) is 9.46. The van der Waals surface area contributed by atoms with Crippen molar-refractivity contribution in [3.8, 4) is 0 Å². The van der Waals surface area contributed by atoms with Crippen molar-refractivity contribution >= 4 is 17.7 Å². The predicted octanol–water partition coefficient (Wildman–Crippen LogP) is 1.50. The number of nitrogens with one attached hydrogen (secondary N) is 1. The third-order valence-electron chi connectivity index (χ3n) is 3.96. The SMILES string of the molecule is CCC(C)C(O)CNC(=O)/C(=C/c1ccccc1)n1nnnc1C. The average Bonchev–Trinajstić information content (AvgIpc) is 3.03. The summed E-state index contributed by atoms with van der Waals surface area (Å²) in [4.78, 5) is 12.6. The van der Waals surface area contributed by atoms with Crippen LogP contribution in [0.25, 0.3) is 11.8 Å². The van der Waals surface area contributed by atoms with Gasteiger partial charge in [-0.05, 0) is 34.9 Å². The van der Waals surface area contributed by atoms with Gasteiger partial charge in [0.15, 0.2) is 5.82 Å². The third kappa shape index (κ3) is 4.48. The van der Waals surface area contributed by atoms with Gasteiger partial charge in [0.05, 0.1) is 6.10 Å². The number of nitrogens with zero attached hydrogens (tertiary/aromatic N) is 4. The summed E-state index contributed by atoms with van der Waals surface area (Å²) >= 11 is 0. The lowest BCUT2D eigenvalue weighted by Gasteiger charge is -2.18. The van der Waals surface area contributed by atoms with Gasteiger partial charge in [0.2, 0.25) is 0 Å². The fraction of sp³-hybridized carbons (Fsp3) is 0.412. The number of aliphatic hydroxyl groups excluding tert-OH is 1. The Morgan fingerprint density at radius 1 is 1.38 bits per heavy atom. The number of carbonyl (C=O) groups excluding carboxylic acids is 1. The molecule has 2 N–H and O–H groups in total. The molecule has 0 fully saturated rings. The smallest absolute Gasteiger partial charge is 0.270 e. The summed E-state index contributed by atoms with van der Waals surface area (Å²) in [5, 5.41) is 24.1. The molecule has 7 nitrogen and oxygen atoms in total. The van der Waals surface area contributed by atoms with Crippen LogP contribution in [0.4, 0.5) is 0 Å². The molecule has 2 unspecified atom stereocenters. The molecule has 0 aliphatic carbocycles. The average molecular weight is 329 g/mol. The van der Waals surface area contributed by atoms with Gasteiger partial charge in [-0.25, -0.2) is 0 Å². The Morgan fingerprint density at radius 3 is 2.67 bits per heavy atom. The molecule has 2 rings (SSSR count). The zero-order valence-electron chi connectivity index (χ0n) is 14.2. The first-order chi connectivity index (χ1) is 11.5. The number of rotatable bonds is 7. The molecule has 0 radical (unpaired) electrons.